The van der Waals surface area contributed by atoms with Crippen LogP contribution in [-0.2, 0) is 9.59 Å². The Hall–Kier alpha value is -1.14. The van der Waals surface area contributed by atoms with Gasteiger partial charge in [-0.25, -0.2) is 10.0 Å². The molecule has 2 amide bonds. The predicted molar refractivity (Wildman–Crippen MR) is 107 cm³/mol. The first kappa shape index (κ1) is 18.9. The molecule has 0 aromatic rings. The van der Waals surface area contributed by atoms with Gasteiger partial charge in [-0.15, -0.1) is 0 Å². The highest BCUT2D eigenvalue weighted by molar-refractivity contribution is 5.87. The number of amides is 2. The normalized spacial score (nSPS) is 41.0. The Kier molecular flexibility index (Phi) is 4.90. The molecule has 4 aliphatic carbocycles. The van der Waals surface area contributed by atoms with E-state index in [-0.39, 0.29) is 22.6 Å². The molecule has 0 aromatic heterocycles. The van der Waals surface area contributed by atoms with Crippen molar-refractivity contribution in [2.24, 2.45) is 22.7 Å². The first-order valence-electron chi connectivity index (χ1n) is 11.7. The van der Waals surface area contributed by atoms with Crippen molar-refractivity contribution in [3.63, 3.8) is 0 Å². The highest BCUT2D eigenvalue weighted by atomic mass is 16.2. The van der Waals surface area contributed by atoms with Gasteiger partial charge in [-0.2, -0.15) is 0 Å². The Bertz CT molecular complexity index is 560. The lowest BCUT2D eigenvalue weighted by Gasteiger charge is -2.60. The number of carbonyl (C=O) groups excluding carboxylic acids is 2. The molecule has 0 unspecified atom stereocenters. The van der Waals surface area contributed by atoms with Crippen molar-refractivity contribution in [3.05, 3.63) is 0 Å². The maximum atomic E-state index is 13.4. The number of hydrogen-bond donors (Lipinski definition) is 2. The molecule has 6 heteroatoms. The van der Waals surface area contributed by atoms with Gasteiger partial charge in [0.2, 0.25) is 11.8 Å². The van der Waals surface area contributed by atoms with Crippen LogP contribution in [0.2, 0.25) is 0 Å². The first-order valence-corrected chi connectivity index (χ1v) is 11.7. The van der Waals surface area contributed by atoms with Gasteiger partial charge in [-0.05, 0) is 76.0 Å². The zero-order valence-electron chi connectivity index (χ0n) is 17.2. The number of nitrogens with zero attached hydrogens (tertiary/aromatic N) is 2. The summed E-state index contributed by atoms with van der Waals surface area (Å²) in [5, 5.41) is 4.26. The smallest absolute Gasteiger partial charge is 0.240 e. The fourth-order valence-corrected chi connectivity index (χ4v) is 7.33. The van der Waals surface area contributed by atoms with E-state index in [0.29, 0.717) is 11.8 Å². The molecule has 28 heavy (non-hydrogen) atoms. The molecular formula is C22H36N4O2. The summed E-state index contributed by atoms with van der Waals surface area (Å²) in [7, 11) is 0. The van der Waals surface area contributed by atoms with Crippen molar-refractivity contribution >= 4 is 11.8 Å². The van der Waals surface area contributed by atoms with Crippen LogP contribution in [0.4, 0.5) is 0 Å². The van der Waals surface area contributed by atoms with E-state index in [9.17, 15) is 9.59 Å². The average molecular weight is 389 g/mol. The van der Waals surface area contributed by atoms with E-state index in [1.165, 1.54) is 44.9 Å². The fraction of sp³-hybridized carbons (Fsp3) is 0.909. The van der Waals surface area contributed by atoms with Crippen LogP contribution in [0.1, 0.15) is 77.0 Å². The number of nitrogens with one attached hydrogen (secondary N) is 2. The summed E-state index contributed by atoms with van der Waals surface area (Å²) in [6.45, 7) is 3.87. The molecule has 4 saturated carbocycles. The number of rotatable bonds is 4. The lowest BCUT2D eigenvalue weighted by Crippen LogP contribution is -2.64. The number of hydrogen-bond acceptors (Lipinski definition) is 4. The Morgan fingerprint density at radius 1 is 0.643 bits per heavy atom. The minimum Gasteiger partial charge on any atom is -0.288 e. The zero-order valence-corrected chi connectivity index (χ0v) is 17.2. The molecule has 0 atom stereocenters. The Labute approximate surface area is 168 Å². The van der Waals surface area contributed by atoms with Crippen LogP contribution in [0.25, 0.3) is 0 Å². The van der Waals surface area contributed by atoms with E-state index < -0.39 is 0 Å². The topological polar surface area (TPSA) is 64.7 Å². The lowest BCUT2D eigenvalue weighted by molar-refractivity contribution is -0.173. The maximum Gasteiger partial charge on any atom is 0.240 e. The Morgan fingerprint density at radius 3 is 1.43 bits per heavy atom. The molecule has 156 valence electrons. The molecule has 0 radical (unpaired) electrons. The van der Waals surface area contributed by atoms with E-state index in [1.807, 2.05) is 0 Å². The van der Waals surface area contributed by atoms with E-state index in [1.54, 1.807) is 0 Å². The molecule has 2 saturated heterocycles. The molecule has 2 aliphatic heterocycles. The molecule has 2 N–H and O–H groups in total. The summed E-state index contributed by atoms with van der Waals surface area (Å²) in [5.41, 5.74) is 5.89. The highest BCUT2D eigenvalue weighted by Crippen LogP contribution is 2.65. The fourth-order valence-electron chi connectivity index (χ4n) is 7.33. The van der Waals surface area contributed by atoms with Gasteiger partial charge < -0.3 is 0 Å². The second kappa shape index (κ2) is 7.28. The standard InChI is InChI=1S/C22H36N4O2/c27-19(23-25-7-3-1-4-8-25)21-12-17-11-18(13-21)15-22(14-17,16-21)20(28)24-26-9-5-2-6-10-26/h17-18H,1-16H2,(H,23,27)(H,24,28). The molecule has 6 fully saturated rings. The molecule has 6 rings (SSSR count). The summed E-state index contributed by atoms with van der Waals surface area (Å²) in [6, 6.07) is 0. The van der Waals surface area contributed by atoms with Crippen molar-refractivity contribution in [1.29, 1.82) is 0 Å². The second-order valence-electron chi connectivity index (χ2n) is 10.5. The summed E-state index contributed by atoms with van der Waals surface area (Å²) < 4.78 is 0. The van der Waals surface area contributed by atoms with Crippen LogP contribution >= 0.6 is 0 Å². The van der Waals surface area contributed by atoms with Crippen LogP contribution in [0.15, 0.2) is 0 Å². The van der Waals surface area contributed by atoms with Crippen LogP contribution in [0.5, 0.6) is 0 Å². The Balaban J connectivity index is 1.31. The summed E-state index contributed by atoms with van der Waals surface area (Å²) in [4.78, 5) is 26.8. The van der Waals surface area contributed by atoms with Crippen molar-refractivity contribution in [1.82, 2.24) is 20.9 Å². The molecule has 6 nitrogen and oxygen atoms in total. The monoisotopic (exact) mass is 388 g/mol. The summed E-state index contributed by atoms with van der Waals surface area (Å²) in [5.74, 6) is 1.50. The molecule has 2 heterocycles. The third-order valence-electron chi connectivity index (χ3n) is 8.26. The van der Waals surface area contributed by atoms with Crippen molar-refractivity contribution in [2.75, 3.05) is 26.2 Å². The molecule has 6 aliphatic rings. The van der Waals surface area contributed by atoms with Gasteiger partial charge in [-0.3, -0.25) is 20.4 Å². The van der Waals surface area contributed by atoms with Crippen molar-refractivity contribution in [3.8, 4) is 0 Å². The van der Waals surface area contributed by atoms with Crippen LogP contribution < -0.4 is 10.9 Å². The number of carbonyl (C=O) groups is 2. The third kappa shape index (κ3) is 3.36. The van der Waals surface area contributed by atoms with Gasteiger partial charge >= 0.3 is 0 Å². The van der Waals surface area contributed by atoms with E-state index in [0.717, 1.165) is 58.3 Å². The van der Waals surface area contributed by atoms with Gasteiger partial charge in [0.05, 0.1) is 10.8 Å². The molecule has 0 spiro atoms. The van der Waals surface area contributed by atoms with Gasteiger partial charge in [0.15, 0.2) is 0 Å². The molecule has 0 aromatic carbocycles. The predicted octanol–water partition coefficient (Wildman–Crippen LogP) is 2.61. The van der Waals surface area contributed by atoms with Gasteiger partial charge in [0, 0.05) is 26.2 Å². The van der Waals surface area contributed by atoms with Crippen LogP contribution in [0, 0.1) is 22.7 Å². The van der Waals surface area contributed by atoms with Crippen LogP contribution in [-0.4, -0.2) is 48.0 Å². The minimum absolute atomic E-state index is 0.207. The zero-order chi connectivity index (χ0) is 19.2. The maximum absolute atomic E-state index is 13.4. The summed E-state index contributed by atoms with van der Waals surface area (Å²) >= 11 is 0. The second-order valence-corrected chi connectivity index (χ2v) is 10.5. The largest absolute Gasteiger partial charge is 0.288 e. The molecule has 4 bridgehead atoms. The number of piperidine rings is 2. The minimum atomic E-state index is -0.319. The quantitative estimate of drug-likeness (QED) is 0.777. The van der Waals surface area contributed by atoms with Crippen LogP contribution in [0.3, 0.4) is 0 Å². The van der Waals surface area contributed by atoms with E-state index in [2.05, 4.69) is 20.9 Å². The molecular weight excluding hydrogens is 352 g/mol. The highest BCUT2D eigenvalue weighted by Gasteiger charge is 2.63. The third-order valence-corrected chi connectivity index (χ3v) is 8.26. The first-order chi connectivity index (χ1) is 13.6. The van der Waals surface area contributed by atoms with Crippen molar-refractivity contribution < 1.29 is 9.59 Å². The SMILES string of the molecule is O=C(NN1CCCCC1)C12CC3CC(C1)CC(C(=O)NN1CCCCC1)(C3)C2. The van der Waals surface area contributed by atoms with Gasteiger partial charge in [0.25, 0.3) is 0 Å². The lowest BCUT2D eigenvalue weighted by atomic mass is 9.43. The average Bonchev–Trinajstić information content (AvgIpc) is 2.68. The van der Waals surface area contributed by atoms with E-state index in [4.69, 9.17) is 0 Å². The number of hydrazine groups is 2. The van der Waals surface area contributed by atoms with Gasteiger partial charge in [0.1, 0.15) is 0 Å². The summed E-state index contributed by atoms with van der Waals surface area (Å²) in [6.07, 6.45) is 13.1. The van der Waals surface area contributed by atoms with Gasteiger partial charge in [-0.1, -0.05) is 12.8 Å². The van der Waals surface area contributed by atoms with E-state index >= 15 is 0 Å². The Morgan fingerprint density at radius 2 is 1.04 bits per heavy atom. The van der Waals surface area contributed by atoms with Crippen molar-refractivity contribution in [2.45, 2.75) is 77.0 Å².